The number of aromatic nitrogens is 4. The van der Waals surface area contributed by atoms with Gasteiger partial charge >= 0.3 is 0 Å². The van der Waals surface area contributed by atoms with E-state index in [1.807, 2.05) is 37.3 Å². The van der Waals surface area contributed by atoms with Crippen LogP contribution in [0, 0.1) is 5.41 Å². The Balaban J connectivity index is 1.39. The van der Waals surface area contributed by atoms with Crippen molar-refractivity contribution in [2.45, 2.75) is 26.4 Å². The number of H-pyrrole nitrogens is 1. The molecule has 2 heterocycles. The lowest BCUT2D eigenvalue weighted by Crippen LogP contribution is -2.22. The average Bonchev–Trinajstić information content (AvgIpc) is 3.39. The van der Waals surface area contributed by atoms with Crippen LogP contribution in [0.2, 0.25) is 5.02 Å². The minimum atomic E-state index is -0.350. The minimum Gasteiger partial charge on any atom is -0.485 e. The fraction of sp³-hybridized carbons (Fsp3) is 0.217. The number of halogens is 1. The van der Waals surface area contributed by atoms with Gasteiger partial charge in [-0.15, -0.1) is 5.10 Å². The number of amides is 1. The maximum absolute atomic E-state index is 12.5. The van der Waals surface area contributed by atoms with E-state index in [9.17, 15) is 9.59 Å². The van der Waals surface area contributed by atoms with Crippen molar-refractivity contribution < 1.29 is 9.53 Å². The van der Waals surface area contributed by atoms with Gasteiger partial charge in [0.05, 0.1) is 10.7 Å². The first-order valence-electron chi connectivity index (χ1n) is 10.2. The van der Waals surface area contributed by atoms with E-state index in [4.69, 9.17) is 16.3 Å². The third-order valence-corrected chi connectivity index (χ3v) is 5.88. The highest BCUT2D eigenvalue weighted by molar-refractivity contribution is 6.34. The highest BCUT2D eigenvalue weighted by Crippen LogP contribution is 2.46. The van der Waals surface area contributed by atoms with Gasteiger partial charge in [-0.2, -0.15) is 9.50 Å². The molecule has 0 spiro atoms. The number of carbonyl (C=O) groups excluding carboxylic acids is 1. The number of nitrogens with one attached hydrogen (secondary N) is 2. The Morgan fingerprint density at radius 2 is 2.00 bits per heavy atom. The molecule has 162 valence electrons. The molecule has 4 aromatic rings. The van der Waals surface area contributed by atoms with Crippen LogP contribution in [0.25, 0.3) is 17.2 Å². The number of para-hydroxylation sites is 1. The second-order valence-electron chi connectivity index (χ2n) is 8.09. The number of benzene rings is 2. The van der Waals surface area contributed by atoms with Gasteiger partial charge in [-0.3, -0.25) is 9.59 Å². The number of anilines is 1. The van der Waals surface area contributed by atoms with Crippen LogP contribution in [0.3, 0.4) is 0 Å². The van der Waals surface area contributed by atoms with Gasteiger partial charge in [0.2, 0.25) is 11.7 Å². The van der Waals surface area contributed by atoms with Gasteiger partial charge in [-0.25, -0.2) is 0 Å². The normalized spacial score (nSPS) is 14.3. The Hall–Kier alpha value is -3.65. The maximum atomic E-state index is 12.5. The van der Waals surface area contributed by atoms with Crippen molar-refractivity contribution in [3.8, 4) is 17.1 Å². The molecule has 2 aromatic carbocycles. The van der Waals surface area contributed by atoms with Crippen LogP contribution < -0.4 is 15.6 Å². The summed E-state index contributed by atoms with van der Waals surface area (Å²) < 4.78 is 7.12. The van der Waals surface area contributed by atoms with Gasteiger partial charge in [-0.05, 0) is 25.0 Å². The van der Waals surface area contributed by atoms with Gasteiger partial charge in [-0.1, -0.05) is 54.9 Å². The van der Waals surface area contributed by atoms with Crippen LogP contribution in [0.5, 0.6) is 5.75 Å². The number of carbonyl (C=O) groups is 1. The molecule has 1 amide bonds. The molecular formula is C23H20ClN5O3. The molecule has 0 unspecified atom stereocenters. The Morgan fingerprint density at radius 1 is 1.22 bits per heavy atom. The molecule has 2 N–H and O–H groups in total. The van der Waals surface area contributed by atoms with E-state index in [2.05, 4.69) is 20.4 Å². The Morgan fingerprint density at radius 3 is 2.75 bits per heavy atom. The largest absolute Gasteiger partial charge is 0.485 e. The van der Waals surface area contributed by atoms with Gasteiger partial charge in [0, 0.05) is 17.0 Å². The Labute approximate surface area is 188 Å². The third-order valence-electron chi connectivity index (χ3n) is 5.56. The van der Waals surface area contributed by atoms with Gasteiger partial charge in [0.15, 0.2) is 5.82 Å². The summed E-state index contributed by atoms with van der Waals surface area (Å²) in [5, 5.41) is 7.55. The number of hydrogen-bond acceptors (Lipinski definition) is 5. The number of aromatic amines is 1. The van der Waals surface area contributed by atoms with Crippen LogP contribution >= 0.6 is 11.6 Å². The number of nitrogens with zero attached hydrogens (tertiary/aromatic N) is 3. The van der Waals surface area contributed by atoms with Gasteiger partial charge in [0.1, 0.15) is 18.0 Å². The summed E-state index contributed by atoms with van der Waals surface area (Å²) in [6, 6.07) is 16.0. The second kappa shape index (κ2) is 7.80. The second-order valence-corrected chi connectivity index (χ2v) is 8.49. The highest BCUT2D eigenvalue weighted by atomic mass is 35.5. The first-order chi connectivity index (χ1) is 15.4. The zero-order chi connectivity index (χ0) is 22.3. The monoisotopic (exact) mass is 449 g/mol. The van der Waals surface area contributed by atoms with E-state index in [1.165, 1.54) is 10.6 Å². The lowest BCUT2D eigenvalue weighted by molar-refractivity contribution is -0.120. The molecule has 1 saturated carbocycles. The van der Waals surface area contributed by atoms with Crippen LogP contribution in [0.4, 0.5) is 5.69 Å². The quantitative estimate of drug-likeness (QED) is 0.462. The molecule has 5 rings (SSSR count). The topological polar surface area (TPSA) is 101 Å². The van der Waals surface area contributed by atoms with Crippen LogP contribution in [0.15, 0.2) is 59.4 Å². The van der Waals surface area contributed by atoms with Crippen molar-refractivity contribution in [3.05, 3.63) is 75.7 Å². The predicted molar refractivity (Wildman–Crippen MR) is 121 cm³/mol. The molecule has 8 nitrogen and oxygen atoms in total. The standard InChI is InChI=1S/C23H20ClN5O3/c1-23(10-11-23)21(31)26-19-16(24)8-5-9-17(19)32-13-15-12-18(30)29-22(25-15)27-20(28-29)14-6-3-2-4-7-14/h2-9,12H,10-11,13H2,1H3,(H,26,31)(H,25,27,28). The van der Waals surface area contributed by atoms with E-state index in [0.29, 0.717) is 33.8 Å². The molecule has 0 radical (unpaired) electrons. The van der Waals surface area contributed by atoms with Crippen molar-refractivity contribution in [2.24, 2.45) is 5.41 Å². The van der Waals surface area contributed by atoms with Crippen molar-refractivity contribution in [3.63, 3.8) is 0 Å². The Kier molecular flexibility index (Phi) is 4.94. The summed E-state index contributed by atoms with van der Waals surface area (Å²) in [4.78, 5) is 32.5. The van der Waals surface area contributed by atoms with Crippen molar-refractivity contribution in [1.82, 2.24) is 19.6 Å². The van der Waals surface area contributed by atoms with E-state index in [1.54, 1.807) is 18.2 Å². The lowest BCUT2D eigenvalue weighted by atomic mass is 10.1. The first kappa shape index (κ1) is 20.3. The molecule has 0 atom stereocenters. The van der Waals surface area contributed by atoms with Gasteiger partial charge in [0.25, 0.3) is 5.56 Å². The van der Waals surface area contributed by atoms with Crippen LogP contribution in [0.1, 0.15) is 25.5 Å². The lowest BCUT2D eigenvalue weighted by Gasteiger charge is -2.16. The molecule has 32 heavy (non-hydrogen) atoms. The zero-order valence-corrected chi connectivity index (χ0v) is 18.0. The SMILES string of the molecule is CC1(C(=O)Nc2c(Cl)cccc2OCc2cc(=O)n3nc(-c4ccccc4)nc3[nH]2)CC1. The van der Waals surface area contributed by atoms with Crippen LogP contribution in [-0.4, -0.2) is 25.5 Å². The molecule has 1 fully saturated rings. The number of fused-ring (bicyclic) bond motifs is 1. The van der Waals surface area contributed by atoms with Crippen molar-refractivity contribution in [1.29, 1.82) is 0 Å². The fourth-order valence-electron chi connectivity index (χ4n) is 3.30. The summed E-state index contributed by atoms with van der Waals surface area (Å²) in [7, 11) is 0. The highest BCUT2D eigenvalue weighted by Gasteiger charge is 2.45. The van der Waals surface area contributed by atoms with Crippen LogP contribution in [-0.2, 0) is 11.4 Å². The predicted octanol–water partition coefficient (Wildman–Crippen LogP) is 4.06. The molecule has 0 bridgehead atoms. The number of rotatable bonds is 6. The summed E-state index contributed by atoms with van der Waals surface area (Å²) in [5.41, 5.74) is 1.07. The molecule has 0 aliphatic heterocycles. The summed E-state index contributed by atoms with van der Waals surface area (Å²) >= 11 is 6.32. The third kappa shape index (κ3) is 3.85. The number of hydrogen-bond donors (Lipinski definition) is 2. The van der Waals surface area contributed by atoms with E-state index in [0.717, 1.165) is 18.4 Å². The smallest absolute Gasteiger partial charge is 0.276 e. The first-order valence-corrected chi connectivity index (χ1v) is 10.6. The molecular weight excluding hydrogens is 430 g/mol. The molecule has 2 aromatic heterocycles. The average molecular weight is 450 g/mol. The van der Waals surface area contributed by atoms with Crippen molar-refractivity contribution >= 4 is 29.0 Å². The van der Waals surface area contributed by atoms with Crippen molar-refractivity contribution in [2.75, 3.05) is 5.32 Å². The summed E-state index contributed by atoms with van der Waals surface area (Å²) in [6.45, 7) is 1.97. The molecule has 1 aliphatic rings. The fourth-order valence-corrected chi connectivity index (χ4v) is 3.52. The number of ether oxygens (including phenoxy) is 1. The molecule has 9 heteroatoms. The summed E-state index contributed by atoms with van der Waals surface area (Å²) in [5.74, 6) is 1.10. The Bertz CT molecular complexity index is 1380. The van der Waals surface area contributed by atoms with Gasteiger partial charge < -0.3 is 15.0 Å². The zero-order valence-electron chi connectivity index (χ0n) is 17.3. The van der Waals surface area contributed by atoms with E-state index in [-0.39, 0.29) is 23.5 Å². The maximum Gasteiger partial charge on any atom is 0.276 e. The minimum absolute atomic E-state index is 0.0553. The molecule has 1 aliphatic carbocycles. The van der Waals surface area contributed by atoms with E-state index < -0.39 is 0 Å². The summed E-state index contributed by atoms with van der Waals surface area (Å²) in [6.07, 6.45) is 1.70. The molecule has 0 saturated heterocycles. The van der Waals surface area contributed by atoms with E-state index >= 15 is 0 Å².